The number of likely N-dealkylation sites (N-methyl/N-ethyl adjacent to an activating group) is 1. The van der Waals surface area contributed by atoms with Crippen LogP contribution in [0.1, 0.15) is 0 Å². The third-order valence-electron chi connectivity index (χ3n) is 3.26. The van der Waals surface area contributed by atoms with E-state index in [4.69, 9.17) is 5.73 Å². The largest absolute Gasteiger partial charge is 0.329 e. The Bertz CT molecular complexity index is 297. The van der Waals surface area contributed by atoms with Crippen LogP contribution in [0.15, 0.2) is 18.5 Å². The van der Waals surface area contributed by atoms with Crippen LogP contribution in [-0.2, 0) is 6.54 Å². The van der Waals surface area contributed by atoms with Crippen molar-refractivity contribution in [1.82, 2.24) is 19.6 Å². The van der Waals surface area contributed by atoms with Crippen molar-refractivity contribution in [1.29, 1.82) is 0 Å². The quantitative estimate of drug-likeness (QED) is 0.745. The van der Waals surface area contributed by atoms with Crippen LogP contribution >= 0.6 is 0 Å². The minimum atomic E-state index is 0.495. The molecule has 5 heteroatoms. The molecule has 0 amide bonds. The van der Waals surface area contributed by atoms with Gasteiger partial charge in [-0.25, -0.2) is 0 Å². The Kier molecular flexibility index (Phi) is 3.93. The van der Waals surface area contributed by atoms with E-state index in [-0.39, 0.29) is 0 Å². The minimum absolute atomic E-state index is 0.495. The lowest BCUT2D eigenvalue weighted by Gasteiger charge is -2.39. The molecule has 0 radical (unpaired) electrons. The number of nitrogens with two attached hydrogens (primary N) is 1. The molecule has 1 unspecified atom stereocenters. The molecule has 0 saturated carbocycles. The van der Waals surface area contributed by atoms with E-state index in [2.05, 4.69) is 21.9 Å². The first-order chi connectivity index (χ1) is 7.79. The number of hydrogen-bond acceptors (Lipinski definition) is 4. The molecule has 2 rings (SSSR count). The molecule has 1 aliphatic heterocycles. The molecule has 1 saturated heterocycles. The summed E-state index contributed by atoms with van der Waals surface area (Å²) in [5, 5.41) is 4.21. The maximum Gasteiger partial charge on any atom is 0.0536 e. The van der Waals surface area contributed by atoms with E-state index >= 15 is 0 Å². The third kappa shape index (κ3) is 2.81. The fourth-order valence-corrected chi connectivity index (χ4v) is 2.23. The Labute approximate surface area is 96.8 Å². The summed E-state index contributed by atoms with van der Waals surface area (Å²) >= 11 is 0. The molecule has 2 N–H and O–H groups in total. The van der Waals surface area contributed by atoms with Crippen molar-refractivity contribution >= 4 is 0 Å². The van der Waals surface area contributed by atoms with Gasteiger partial charge in [-0.2, -0.15) is 5.10 Å². The molecule has 1 atom stereocenters. The number of piperazine rings is 1. The first-order valence-corrected chi connectivity index (χ1v) is 5.89. The molecule has 1 aromatic rings. The SMILES string of the molecule is CN1CCN(CCn2cccn2)C(CN)C1. The van der Waals surface area contributed by atoms with Gasteiger partial charge in [0.2, 0.25) is 0 Å². The van der Waals surface area contributed by atoms with Gasteiger partial charge in [0.05, 0.1) is 6.54 Å². The van der Waals surface area contributed by atoms with Crippen LogP contribution in [0.25, 0.3) is 0 Å². The summed E-state index contributed by atoms with van der Waals surface area (Å²) in [6.45, 7) is 6.05. The van der Waals surface area contributed by atoms with Gasteiger partial charge in [0, 0.05) is 51.2 Å². The average molecular weight is 223 g/mol. The highest BCUT2D eigenvalue weighted by Crippen LogP contribution is 2.07. The van der Waals surface area contributed by atoms with Crippen LogP contribution in [0.5, 0.6) is 0 Å². The summed E-state index contributed by atoms with van der Waals surface area (Å²) < 4.78 is 1.98. The van der Waals surface area contributed by atoms with E-state index in [1.54, 1.807) is 0 Å². The lowest BCUT2D eigenvalue weighted by Crippen LogP contribution is -2.55. The molecule has 16 heavy (non-hydrogen) atoms. The highest BCUT2D eigenvalue weighted by atomic mass is 15.3. The fraction of sp³-hybridized carbons (Fsp3) is 0.727. The molecule has 1 fully saturated rings. The van der Waals surface area contributed by atoms with E-state index in [1.807, 2.05) is 23.1 Å². The van der Waals surface area contributed by atoms with Crippen molar-refractivity contribution in [2.45, 2.75) is 12.6 Å². The second kappa shape index (κ2) is 5.43. The molecule has 0 spiro atoms. The van der Waals surface area contributed by atoms with Gasteiger partial charge in [0.25, 0.3) is 0 Å². The van der Waals surface area contributed by atoms with Gasteiger partial charge in [-0.1, -0.05) is 0 Å². The average Bonchev–Trinajstić information content (AvgIpc) is 2.80. The lowest BCUT2D eigenvalue weighted by atomic mass is 10.2. The fourth-order valence-electron chi connectivity index (χ4n) is 2.23. The second-order valence-electron chi connectivity index (χ2n) is 4.46. The molecule has 0 aliphatic carbocycles. The second-order valence-corrected chi connectivity index (χ2v) is 4.46. The normalized spacial score (nSPS) is 23.8. The molecular formula is C11H21N5. The zero-order valence-electron chi connectivity index (χ0n) is 9.92. The van der Waals surface area contributed by atoms with E-state index in [9.17, 15) is 0 Å². The van der Waals surface area contributed by atoms with Crippen molar-refractivity contribution < 1.29 is 0 Å². The van der Waals surface area contributed by atoms with Crippen LogP contribution in [0.2, 0.25) is 0 Å². The molecule has 5 nitrogen and oxygen atoms in total. The smallest absolute Gasteiger partial charge is 0.0536 e. The third-order valence-corrected chi connectivity index (χ3v) is 3.26. The topological polar surface area (TPSA) is 50.3 Å². The highest BCUT2D eigenvalue weighted by Gasteiger charge is 2.23. The van der Waals surface area contributed by atoms with Crippen molar-refractivity contribution in [3.63, 3.8) is 0 Å². The number of hydrogen-bond donors (Lipinski definition) is 1. The summed E-state index contributed by atoms with van der Waals surface area (Å²) in [6, 6.07) is 2.46. The predicted molar refractivity (Wildman–Crippen MR) is 64.1 cm³/mol. The van der Waals surface area contributed by atoms with E-state index in [0.29, 0.717) is 6.04 Å². The van der Waals surface area contributed by atoms with Crippen LogP contribution < -0.4 is 5.73 Å². The van der Waals surface area contributed by atoms with Crippen molar-refractivity contribution in [2.24, 2.45) is 5.73 Å². The van der Waals surface area contributed by atoms with E-state index in [1.165, 1.54) is 0 Å². The molecule has 1 aliphatic rings. The molecule has 1 aromatic heterocycles. The summed E-state index contributed by atoms with van der Waals surface area (Å²) in [6.07, 6.45) is 3.83. The Balaban J connectivity index is 1.83. The van der Waals surface area contributed by atoms with Gasteiger partial charge in [-0.05, 0) is 13.1 Å². The maximum atomic E-state index is 5.81. The van der Waals surface area contributed by atoms with Gasteiger partial charge < -0.3 is 10.6 Å². The van der Waals surface area contributed by atoms with Gasteiger partial charge in [0.1, 0.15) is 0 Å². The Hall–Kier alpha value is -0.910. The Morgan fingerprint density at radius 3 is 2.94 bits per heavy atom. The zero-order chi connectivity index (χ0) is 11.4. The lowest BCUT2D eigenvalue weighted by molar-refractivity contribution is 0.0902. The van der Waals surface area contributed by atoms with Crippen molar-refractivity contribution in [2.75, 3.05) is 39.8 Å². The number of aromatic nitrogens is 2. The number of rotatable bonds is 4. The van der Waals surface area contributed by atoms with Crippen LogP contribution in [0.3, 0.4) is 0 Å². The van der Waals surface area contributed by atoms with E-state index < -0.39 is 0 Å². The highest BCUT2D eigenvalue weighted by molar-refractivity contribution is 4.82. The maximum absolute atomic E-state index is 5.81. The van der Waals surface area contributed by atoms with Crippen LogP contribution in [0, 0.1) is 0 Å². The predicted octanol–water partition coefficient (Wildman–Crippen LogP) is -0.542. The molecular weight excluding hydrogens is 202 g/mol. The first-order valence-electron chi connectivity index (χ1n) is 5.89. The summed E-state index contributed by atoms with van der Waals surface area (Å²) in [4.78, 5) is 4.82. The summed E-state index contributed by atoms with van der Waals surface area (Å²) in [7, 11) is 2.16. The summed E-state index contributed by atoms with van der Waals surface area (Å²) in [5.41, 5.74) is 5.81. The van der Waals surface area contributed by atoms with Gasteiger partial charge >= 0.3 is 0 Å². The Morgan fingerprint density at radius 1 is 1.38 bits per heavy atom. The summed E-state index contributed by atoms with van der Waals surface area (Å²) in [5.74, 6) is 0. The van der Waals surface area contributed by atoms with Crippen molar-refractivity contribution in [3.05, 3.63) is 18.5 Å². The van der Waals surface area contributed by atoms with Crippen LogP contribution in [-0.4, -0.2) is 65.4 Å². The molecule has 2 heterocycles. The minimum Gasteiger partial charge on any atom is -0.329 e. The number of nitrogens with zero attached hydrogens (tertiary/aromatic N) is 4. The molecule has 0 aromatic carbocycles. The van der Waals surface area contributed by atoms with Crippen molar-refractivity contribution in [3.8, 4) is 0 Å². The zero-order valence-corrected chi connectivity index (χ0v) is 9.92. The van der Waals surface area contributed by atoms with Gasteiger partial charge in [0.15, 0.2) is 0 Å². The molecule has 90 valence electrons. The standard InChI is InChI=1S/C11H21N5/c1-14-5-6-15(11(9-12)10-14)7-8-16-4-2-3-13-16/h2-4,11H,5-10,12H2,1H3. The first kappa shape index (κ1) is 11.6. The monoisotopic (exact) mass is 223 g/mol. The Morgan fingerprint density at radius 2 is 2.25 bits per heavy atom. The van der Waals surface area contributed by atoms with Gasteiger partial charge in [-0.3, -0.25) is 9.58 Å². The van der Waals surface area contributed by atoms with Gasteiger partial charge in [-0.15, -0.1) is 0 Å². The van der Waals surface area contributed by atoms with E-state index in [0.717, 1.165) is 39.3 Å². The molecule has 0 bridgehead atoms. The van der Waals surface area contributed by atoms with Crippen LogP contribution in [0.4, 0.5) is 0 Å².